The highest BCUT2D eigenvalue weighted by Gasteiger charge is 2.19. The fourth-order valence-corrected chi connectivity index (χ4v) is 2.13. The van der Waals surface area contributed by atoms with Gasteiger partial charge >= 0.3 is 0 Å². The highest BCUT2D eigenvalue weighted by atomic mass is 35.5. The van der Waals surface area contributed by atoms with Gasteiger partial charge in [-0.1, -0.05) is 35.9 Å². The van der Waals surface area contributed by atoms with Gasteiger partial charge in [0.05, 0.1) is 0 Å². The van der Waals surface area contributed by atoms with Crippen molar-refractivity contribution in [2.75, 3.05) is 0 Å². The summed E-state index contributed by atoms with van der Waals surface area (Å²) in [6, 6.07) is 16.8. The minimum atomic E-state index is 0.566. The Bertz CT molecular complexity index is 546. The van der Waals surface area contributed by atoms with Crippen molar-refractivity contribution in [3.8, 4) is 5.75 Å². The summed E-state index contributed by atoms with van der Waals surface area (Å²) in [6.07, 6.45) is 2.64. The van der Waals surface area contributed by atoms with Crippen LogP contribution in [-0.2, 0) is 13.2 Å². The molecule has 2 nitrogen and oxygen atoms in total. The Balaban J connectivity index is 1.50. The lowest BCUT2D eigenvalue weighted by molar-refractivity contribution is 0.306. The first-order chi connectivity index (χ1) is 9.79. The predicted octanol–water partition coefficient (Wildman–Crippen LogP) is 4.17. The highest BCUT2D eigenvalue weighted by molar-refractivity contribution is 6.30. The van der Waals surface area contributed by atoms with Crippen molar-refractivity contribution in [3.05, 3.63) is 64.7 Å². The minimum Gasteiger partial charge on any atom is -0.489 e. The van der Waals surface area contributed by atoms with Crippen LogP contribution < -0.4 is 10.1 Å². The third-order valence-corrected chi connectivity index (χ3v) is 3.67. The molecule has 3 heteroatoms. The molecule has 0 amide bonds. The molecule has 1 aliphatic carbocycles. The maximum Gasteiger partial charge on any atom is 0.119 e. The van der Waals surface area contributed by atoms with Gasteiger partial charge in [-0.25, -0.2) is 0 Å². The van der Waals surface area contributed by atoms with Crippen molar-refractivity contribution < 1.29 is 4.74 Å². The van der Waals surface area contributed by atoms with Crippen LogP contribution in [0.5, 0.6) is 5.75 Å². The minimum absolute atomic E-state index is 0.566. The zero-order chi connectivity index (χ0) is 13.8. The molecule has 1 aliphatic rings. The molecule has 1 N–H and O–H groups in total. The van der Waals surface area contributed by atoms with E-state index in [0.29, 0.717) is 6.61 Å². The third kappa shape index (κ3) is 3.99. The van der Waals surface area contributed by atoms with Gasteiger partial charge in [0.25, 0.3) is 0 Å². The first kappa shape index (κ1) is 13.5. The molecule has 0 radical (unpaired) electrons. The predicted molar refractivity (Wildman–Crippen MR) is 82.1 cm³/mol. The van der Waals surface area contributed by atoms with Crippen LogP contribution in [0.1, 0.15) is 24.0 Å². The second-order valence-electron chi connectivity index (χ2n) is 5.21. The fraction of sp³-hybridized carbons (Fsp3) is 0.294. The van der Waals surface area contributed by atoms with E-state index >= 15 is 0 Å². The maximum absolute atomic E-state index is 5.86. The van der Waals surface area contributed by atoms with Gasteiger partial charge in [0, 0.05) is 17.6 Å². The summed E-state index contributed by atoms with van der Waals surface area (Å²) in [5.41, 5.74) is 2.42. The van der Waals surface area contributed by atoms with E-state index < -0.39 is 0 Å². The molecule has 104 valence electrons. The number of hydrogen-bond acceptors (Lipinski definition) is 2. The monoisotopic (exact) mass is 287 g/mol. The van der Waals surface area contributed by atoms with Crippen LogP contribution in [0.15, 0.2) is 48.5 Å². The van der Waals surface area contributed by atoms with E-state index in [2.05, 4.69) is 17.4 Å². The van der Waals surface area contributed by atoms with Crippen molar-refractivity contribution >= 4 is 11.6 Å². The van der Waals surface area contributed by atoms with Crippen LogP contribution in [0.2, 0.25) is 5.02 Å². The first-order valence-corrected chi connectivity index (χ1v) is 7.37. The van der Waals surface area contributed by atoms with E-state index in [1.807, 2.05) is 36.4 Å². The number of rotatable bonds is 6. The SMILES string of the molecule is Clc1ccc(COc2ccc(CNC3CC3)cc2)cc1. The third-order valence-electron chi connectivity index (χ3n) is 3.41. The molecule has 0 saturated heterocycles. The van der Waals surface area contributed by atoms with Gasteiger partial charge in [-0.15, -0.1) is 0 Å². The Morgan fingerprint density at radius 3 is 2.25 bits per heavy atom. The van der Waals surface area contributed by atoms with Gasteiger partial charge in [0.1, 0.15) is 12.4 Å². The summed E-state index contributed by atoms with van der Waals surface area (Å²) in [4.78, 5) is 0. The van der Waals surface area contributed by atoms with E-state index in [9.17, 15) is 0 Å². The Morgan fingerprint density at radius 1 is 0.950 bits per heavy atom. The lowest BCUT2D eigenvalue weighted by atomic mass is 10.2. The Labute approximate surface area is 124 Å². The fourth-order valence-electron chi connectivity index (χ4n) is 2.00. The van der Waals surface area contributed by atoms with Crippen LogP contribution >= 0.6 is 11.6 Å². The standard InChI is InChI=1S/C17H18ClNO/c18-15-5-1-14(2-6-15)12-20-17-9-3-13(4-10-17)11-19-16-7-8-16/h1-6,9-10,16,19H,7-8,11-12H2. The molecule has 0 bridgehead atoms. The molecule has 20 heavy (non-hydrogen) atoms. The van der Waals surface area contributed by atoms with Crippen molar-refractivity contribution in [1.82, 2.24) is 5.32 Å². The van der Waals surface area contributed by atoms with Crippen molar-refractivity contribution in [3.63, 3.8) is 0 Å². The number of benzene rings is 2. The quantitative estimate of drug-likeness (QED) is 0.861. The van der Waals surface area contributed by atoms with Crippen LogP contribution in [0.25, 0.3) is 0 Å². The van der Waals surface area contributed by atoms with E-state index in [4.69, 9.17) is 16.3 Å². The van der Waals surface area contributed by atoms with Gasteiger partial charge < -0.3 is 10.1 Å². The Kier molecular flexibility index (Phi) is 4.24. The van der Waals surface area contributed by atoms with Gasteiger partial charge in [-0.05, 0) is 48.2 Å². The van der Waals surface area contributed by atoms with E-state index in [1.54, 1.807) is 0 Å². The molecule has 0 heterocycles. The molecule has 2 aromatic carbocycles. The zero-order valence-electron chi connectivity index (χ0n) is 11.3. The summed E-state index contributed by atoms with van der Waals surface area (Å²) < 4.78 is 5.76. The zero-order valence-corrected chi connectivity index (χ0v) is 12.1. The normalized spacial score (nSPS) is 14.2. The Morgan fingerprint density at radius 2 is 1.60 bits per heavy atom. The van der Waals surface area contributed by atoms with Crippen LogP contribution in [0, 0.1) is 0 Å². The number of nitrogens with one attached hydrogen (secondary N) is 1. The molecule has 2 aromatic rings. The molecule has 0 atom stereocenters. The summed E-state index contributed by atoms with van der Waals surface area (Å²) in [6.45, 7) is 1.51. The number of ether oxygens (including phenoxy) is 1. The average molecular weight is 288 g/mol. The second-order valence-corrected chi connectivity index (χ2v) is 5.65. The van der Waals surface area contributed by atoms with E-state index in [1.165, 1.54) is 18.4 Å². The molecular formula is C17H18ClNO. The maximum atomic E-state index is 5.86. The lowest BCUT2D eigenvalue weighted by Crippen LogP contribution is -2.15. The van der Waals surface area contributed by atoms with Crippen LogP contribution in [-0.4, -0.2) is 6.04 Å². The molecule has 0 aliphatic heterocycles. The van der Waals surface area contributed by atoms with E-state index in [0.717, 1.165) is 28.9 Å². The second kappa shape index (κ2) is 6.29. The first-order valence-electron chi connectivity index (χ1n) is 6.99. The summed E-state index contributed by atoms with van der Waals surface area (Å²) >= 11 is 5.86. The Hall–Kier alpha value is -1.51. The van der Waals surface area contributed by atoms with Crippen molar-refractivity contribution in [2.45, 2.75) is 32.0 Å². The molecule has 0 spiro atoms. The molecule has 3 rings (SSSR count). The van der Waals surface area contributed by atoms with Gasteiger partial charge in [-0.3, -0.25) is 0 Å². The number of halogens is 1. The van der Waals surface area contributed by atoms with Gasteiger partial charge in [0.2, 0.25) is 0 Å². The molecule has 1 fully saturated rings. The average Bonchev–Trinajstić information content (AvgIpc) is 3.30. The van der Waals surface area contributed by atoms with Gasteiger partial charge in [-0.2, -0.15) is 0 Å². The van der Waals surface area contributed by atoms with E-state index in [-0.39, 0.29) is 0 Å². The van der Waals surface area contributed by atoms with Crippen molar-refractivity contribution in [2.24, 2.45) is 0 Å². The topological polar surface area (TPSA) is 21.3 Å². The summed E-state index contributed by atoms with van der Waals surface area (Å²) in [5, 5.41) is 4.25. The van der Waals surface area contributed by atoms with Crippen LogP contribution in [0.4, 0.5) is 0 Å². The molecular weight excluding hydrogens is 270 g/mol. The molecule has 0 aromatic heterocycles. The molecule has 1 saturated carbocycles. The van der Waals surface area contributed by atoms with Gasteiger partial charge in [0.15, 0.2) is 0 Å². The number of hydrogen-bond donors (Lipinski definition) is 1. The van der Waals surface area contributed by atoms with Crippen LogP contribution in [0.3, 0.4) is 0 Å². The lowest BCUT2D eigenvalue weighted by Gasteiger charge is -2.08. The summed E-state index contributed by atoms with van der Waals surface area (Å²) in [5.74, 6) is 0.898. The highest BCUT2D eigenvalue weighted by Crippen LogP contribution is 2.20. The van der Waals surface area contributed by atoms with Crippen molar-refractivity contribution in [1.29, 1.82) is 0 Å². The smallest absolute Gasteiger partial charge is 0.119 e. The molecule has 0 unspecified atom stereocenters. The summed E-state index contributed by atoms with van der Waals surface area (Å²) in [7, 11) is 0. The largest absolute Gasteiger partial charge is 0.489 e.